The van der Waals surface area contributed by atoms with Crippen LogP contribution in [0.2, 0.25) is 0 Å². The van der Waals surface area contributed by atoms with Gasteiger partial charge in [-0.2, -0.15) is 0 Å². The van der Waals surface area contributed by atoms with Gasteiger partial charge >= 0.3 is 0 Å². The molecule has 0 bridgehead atoms. The Morgan fingerprint density at radius 2 is 1.45 bits per heavy atom. The third-order valence-corrected chi connectivity index (χ3v) is 3.60. The number of aliphatic hydroxyl groups excluding tert-OH is 3. The van der Waals surface area contributed by atoms with Crippen molar-refractivity contribution in [1.29, 1.82) is 0 Å². The average molecular weight is 289 g/mol. The fourth-order valence-corrected chi connectivity index (χ4v) is 2.38. The molecular weight excluding hydrogens is 254 g/mol. The summed E-state index contributed by atoms with van der Waals surface area (Å²) in [6.45, 7) is 3.24. The van der Waals surface area contributed by atoms with Crippen molar-refractivity contribution < 1.29 is 15.3 Å². The normalized spacial score (nSPS) is 14.4. The Bertz CT molecular complexity index is 191. The maximum absolute atomic E-state index is 9.81. The summed E-state index contributed by atoms with van der Waals surface area (Å²) in [6, 6.07) is 0. The first-order valence-corrected chi connectivity index (χ1v) is 8.38. The van der Waals surface area contributed by atoms with Crippen molar-refractivity contribution in [3.8, 4) is 0 Å². The van der Waals surface area contributed by atoms with E-state index < -0.39 is 12.2 Å². The summed E-state index contributed by atoms with van der Waals surface area (Å²) in [7, 11) is 0. The number of hydrogen-bond donors (Lipinski definition) is 4. The van der Waals surface area contributed by atoms with Gasteiger partial charge in [0.2, 0.25) is 0 Å². The molecule has 0 amide bonds. The zero-order valence-electron chi connectivity index (χ0n) is 13.2. The van der Waals surface area contributed by atoms with Crippen LogP contribution < -0.4 is 5.32 Å². The largest absolute Gasteiger partial charge is 0.395 e. The first-order chi connectivity index (χ1) is 9.70. The minimum Gasteiger partial charge on any atom is -0.395 e. The van der Waals surface area contributed by atoms with E-state index in [1.165, 1.54) is 44.9 Å². The van der Waals surface area contributed by atoms with Crippen LogP contribution in [0.15, 0.2) is 0 Å². The van der Waals surface area contributed by atoms with Gasteiger partial charge in [0, 0.05) is 19.5 Å². The maximum Gasteiger partial charge on any atom is 0.0689 e. The quantitative estimate of drug-likeness (QED) is 0.349. The van der Waals surface area contributed by atoms with Crippen molar-refractivity contribution in [2.45, 2.75) is 83.3 Å². The van der Waals surface area contributed by atoms with Crippen LogP contribution in [-0.2, 0) is 0 Å². The molecular formula is C16H35NO3. The van der Waals surface area contributed by atoms with Crippen molar-refractivity contribution in [2.24, 2.45) is 0 Å². The van der Waals surface area contributed by atoms with E-state index in [2.05, 4.69) is 12.2 Å². The summed E-state index contributed by atoms with van der Waals surface area (Å²) in [5.74, 6) is 0. The third-order valence-electron chi connectivity index (χ3n) is 3.60. The molecule has 0 aliphatic carbocycles. The first kappa shape index (κ1) is 19.8. The van der Waals surface area contributed by atoms with Crippen molar-refractivity contribution in [2.75, 3.05) is 19.7 Å². The molecule has 122 valence electrons. The van der Waals surface area contributed by atoms with Crippen LogP contribution in [0.4, 0.5) is 0 Å². The molecule has 0 aromatic rings. The van der Waals surface area contributed by atoms with Gasteiger partial charge in [-0.05, 0) is 6.42 Å². The zero-order valence-corrected chi connectivity index (χ0v) is 13.2. The molecule has 2 atom stereocenters. The van der Waals surface area contributed by atoms with E-state index in [1.807, 2.05) is 0 Å². The molecule has 0 fully saturated rings. The number of rotatable bonds is 15. The van der Waals surface area contributed by atoms with Crippen molar-refractivity contribution in [3.05, 3.63) is 0 Å². The molecule has 0 saturated heterocycles. The average Bonchev–Trinajstić information content (AvgIpc) is 2.42. The topological polar surface area (TPSA) is 72.7 Å². The second kappa shape index (κ2) is 15.2. The number of nitrogens with one attached hydrogen (secondary N) is 1. The summed E-state index contributed by atoms with van der Waals surface area (Å²) in [4.78, 5) is 0. The van der Waals surface area contributed by atoms with E-state index in [0.717, 1.165) is 12.8 Å². The Morgan fingerprint density at radius 3 is 2.05 bits per heavy atom. The lowest BCUT2D eigenvalue weighted by atomic mass is 10.0. The Morgan fingerprint density at radius 1 is 0.850 bits per heavy atom. The minimum atomic E-state index is -0.523. The van der Waals surface area contributed by atoms with Crippen LogP contribution in [0.25, 0.3) is 0 Å². The van der Waals surface area contributed by atoms with Crippen LogP contribution in [0, 0.1) is 0 Å². The molecule has 0 radical (unpaired) electrons. The molecule has 0 aromatic heterocycles. The van der Waals surface area contributed by atoms with E-state index in [-0.39, 0.29) is 6.61 Å². The Labute approximate surface area is 124 Å². The van der Waals surface area contributed by atoms with Gasteiger partial charge in [0.1, 0.15) is 0 Å². The molecule has 0 heterocycles. The maximum atomic E-state index is 9.81. The highest BCUT2D eigenvalue weighted by molar-refractivity contribution is 4.66. The molecule has 0 spiro atoms. The van der Waals surface area contributed by atoms with E-state index in [1.54, 1.807) is 0 Å². The van der Waals surface area contributed by atoms with E-state index >= 15 is 0 Å². The molecule has 4 heteroatoms. The van der Waals surface area contributed by atoms with E-state index in [0.29, 0.717) is 19.5 Å². The van der Waals surface area contributed by atoms with Crippen LogP contribution in [-0.4, -0.2) is 47.2 Å². The van der Waals surface area contributed by atoms with Crippen molar-refractivity contribution in [1.82, 2.24) is 5.32 Å². The number of hydrogen-bond acceptors (Lipinski definition) is 4. The highest BCUT2D eigenvalue weighted by Gasteiger charge is 2.11. The minimum absolute atomic E-state index is 0.0769. The standard InChI is InChI=1S/C16H35NO3/c1-2-3-4-5-6-7-8-9-10-15(19)13-16(20)14-17-11-12-18/h15-20H,2-14H2,1H3. The van der Waals surface area contributed by atoms with Crippen LogP contribution in [0.1, 0.15) is 71.1 Å². The summed E-state index contributed by atoms with van der Waals surface area (Å²) in [5, 5.41) is 31.0. The van der Waals surface area contributed by atoms with Gasteiger partial charge in [-0.25, -0.2) is 0 Å². The van der Waals surface area contributed by atoms with Crippen LogP contribution >= 0.6 is 0 Å². The lowest BCUT2D eigenvalue weighted by Gasteiger charge is -2.16. The van der Waals surface area contributed by atoms with E-state index in [4.69, 9.17) is 5.11 Å². The Kier molecular flexibility index (Phi) is 15.1. The Balaban J connectivity index is 3.29. The predicted molar refractivity (Wildman–Crippen MR) is 83.8 cm³/mol. The molecule has 4 N–H and O–H groups in total. The molecule has 0 saturated carbocycles. The fraction of sp³-hybridized carbons (Fsp3) is 1.00. The molecule has 4 nitrogen and oxygen atoms in total. The molecule has 0 aliphatic rings. The van der Waals surface area contributed by atoms with Crippen LogP contribution in [0.3, 0.4) is 0 Å². The monoisotopic (exact) mass is 289 g/mol. The first-order valence-electron chi connectivity index (χ1n) is 8.38. The molecule has 0 aliphatic heterocycles. The lowest BCUT2D eigenvalue weighted by Crippen LogP contribution is -2.31. The Hall–Kier alpha value is -0.160. The molecule has 0 aromatic carbocycles. The van der Waals surface area contributed by atoms with Gasteiger partial charge < -0.3 is 20.6 Å². The van der Waals surface area contributed by atoms with Gasteiger partial charge in [-0.3, -0.25) is 0 Å². The van der Waals surface area contributed by atoms with Gasteiger partial charge in [0.15, 0.2) is 0 Å². The lowest BCUT2D eigenvalue weighted by molar-refractivity contribution is 0.0732. The SMILES string of the molecule is CCCCCCCCCCC(O)CC(O)CNCCO. The van der Waals surface area contributed by atoms with Gasteiger partial charge in [-0.15, -0.1) is 0 Å². The summed E-state index contributed by atoms with van der Waals surface area (Å²) in [5.41, 5.74) is 0. The molecule has 20 heavy (non-hydrogen) atoms. The van der Waals surface area contributed by atoms with Crippen molar-refractivity contribution >= 4 is 0 Å². The smallest absolute Gasteiger partial charge is 0.0689 e. The summed E-state index contributed by atoms with van der Waals surface area (Å²) in [6.07, 6.45) is 10.4. The molecule has 2 unspecified atom stereocenters. The number of unbranched alkanes of at least 4 members (excludes halogenated alkanes) is 7. The summed E-state index contributed by atoms with van der Waals surface area (Å²) < 4.78 is 0. The number of aliphatic hydroxyl groups is 3. The highest BCUT2D eigenvalue weighted by atomic mass is 16.3. The fourth-order valence-electron chi connectivity index (χ4n) is 2.38. The van der Waals surface area contributed by atoms with Gasteiger partial charge in [0.05, 0.1) is 18.8 Å². The third kappa shape index (κ3) is 14.3. The zero-order chi connectivity index (χ0) is 15.1. The van der Waals surface area contributed by atoms with Gasteiger partial charge in [0.25, 0.3) is 0 Å². The van der Waals surface area contributed by atoms with Crippen LogP contribution in [0.5, 0.6) is 0 Å². The second-order valence-electron chi connectivity index (χ2n) is 5.73. The van der Waals surface area contributed by atoms with E-state index in [9.17, 15) is 10.2 Å². The highest BCUT2D eigenvalue weighted by Crippen LogP contribution is 2.12. The van der Waals surface area contributed by atoms with Crippen molar-refractivity contribution in [3.63, 3.8) is 0 Å². The second-order valence-corrected chi connectivity index (χ2v) is 5.73. The predicted octanol–water partition coefficient (Wildman–Crippen LogP) is 2.21. The molecule has 0 rings (SSSR count). The van der Waals surface area contributed by atoms with Gasteiger partial charge in [-0.1, -0.05) is 58.3 Å². The summed E-state index contributed by atoms with van der Waals surface area (Å²) >= 11 is 0.